The fraction of sp³-hybridized carbons (Fsp3) is 0.667. The zero-order chi connectivity index (χ0) is 14.5. The van der Waals surface area contributed by atoms with E-state index >= 15 is 0 Å². The summed E-state index contributed by atoms with van der Waals surface area (Å²) in [5.41, 5.74) is 2.93. The molecule has 1 N–H and O–H groups in total. The van der Waals surface area contributed by atoms with Gasteiger partial charge in [-0.2, -0.15) is 0 Å². The molecule has 2 nitrogen and oxygen atoms in total. The van der Waals surface area contributed by atoms with Crippen LogP contribution in [0.15, 0.2) is 24.3 Å². The molecule has 1 heterocycles. The normalized spacial score (nSPS) is 24.2. The molecule has 1 aromatic rings. The highest BCUT2D eigenvalue weighted by molar-refractivity contribution is 5.26. The van der Waals surface area contributed by atoms with Gasteiger partial charge in [0.2, 0.25) is 0 Å². The van der Waals surface area contributed by atoms with E-state index in [-0.39, 0.29) is 0 Å². The Balaban J connectivity index is 2.27. The monoisotopic (exact) mass is 274 g/mol. The van der Waals surface area contributed by atoms with E-state index in [1.165, 1.54) is 30.5 Å². The van der Waals surface area contributed by atoms with Crippen molar-refractivity contribution in [2.75, 3.05) is 20.1 Å². The van der Waals surface area contributed by atoms with E-state index in [0.717, 1.165) is 18.9 Å². The zero-order valence-electron chi connectivity index (χ0n) is 13.5. The van der Waals surface area contributed by atoms with Gasteiger partial charge < -0.3 is 5.32 Å². The number of hydrogen-bond acceptors (Lipinski definition) is 2. The van der Waals surface area contributed by atoms with Gasteiger partial charge in [0, 0.05) is 12.1 Å². The minimum atomic E-state index is 0.571. The molecule has 2 unspecified atom stereocenters. The third-order valence-electron chi connectivity index (χ3n) is 4.65. The summed E-state index contributed by atoms with van der Waals surface area (Å²) < 4.78 is 0. The lowest BCUT2D eigenvalue weighted by atomic mass is 9.83. The highest BCUT2D eigenvalue weighted by Gasteiger charge is 2.33. The molecule has 20 heavy (non-hydrogen) atoms. The molecular weight excluding hydrogens is 244 g/mol. The average Bonchev–Trinajstić information content (AvgIpc) is 2.47. The van der Waals surface area contributed by atoms with E-state index < -0.39 is 0 Å². The van der Waals surface area contributed by atoms with Gasteiger partial charge in [0.05, 0.1) is 0 Å². The molecule has 0 aromatic heterocycles. The van der Waals surface area contributed by atoms with E-state index in [2.05, 4.69) is 62.3 Å². The van der Waals surface area contributed by atoms with Crippen molar-refractivity contribution < 1.29 is 0 Å². The average molecular weight is 274 g/mol. The SMILES string of the molecule is CCc1ccc(C2C(CNC)CCCN2C(C)C)cc1. The van der Waals surface area contributed by atoms with Gasteiger partial charge in [0.1, 0.15) is 0 Å². The summed E-state index contributed by atoms with van der Waals surface area (Å²) in [5.74, 6) is 0.726. The van der Waals surface area contributed by atoms with Gasteiger partial charge in [-0.05, 0) is 70.3 Å². The lowest BCUT2D eigenvalue weighted by molar-refractivity contribution is 0.0636. The van der Waals surface area contributed by atoms with Crippen LogP contribution in [0.2, 0.25) is 0 Å². The second-order valence-corrected chi connectivity index (χ2v) is 6.33. The first-order valence-electron chi connectivity index (χ1n) is 8.16. The van der Waals surface area contributed by atoms with Crippen molar-refractivity contribution in [1.82, 2.24) is 10.2 Å². The molecule has 1 aromatic carbocycles. The molecule has 112 valence electrons. The predicted octanol–water partition coefficient (Wildman–Crippen LogP) is 3.63. The zero-order valence-corrected chi connectivity index (χ0v) is 13.5. The fourth-order valence-corrected chi connectivity index (χ4v) is 3.57. The summed E-state index contributed by atoms with van der Waals surface area (Å²) in [5, 5.41) is 3.39. The van der Waals surface area contributed by atoms with E-state index in [0.29, 0.717) is 12.1 Å². The molecule has 0 saturated carbocycles. The maximum Gasteiger partial charge on any atom is 0.0391 e. The number of aryl methyl sites for hydroxylation is 1. The molecule has 2 heteroatoms. The first-order chi connectivity index (χ1) is 9.67. The van der Waals surface area contributed by atoms with Crippen LogP contribution < -0.4 is 5.32 Å². The molecule has 0 aliphatic carbocycles. The lowest BCUT2D eigenvalue weighted by Gasteiger charge is -2.44. The molecule has 2 atom stereocenters. The van der Waals surface area contributed by atoms with Gasteiger partial charge >= 0.3 is 0 Å². The van der Waals surface area contributed by atoms with Crippen LogP contribution in [0.4, 0.5) is 0 Å². The van der Waals surface area contributed by atoms with E-state index in [4.69, 9.17) is 0 Å². The Morgan fingerprint density at radius 1 is 1.25 bits per heavy atom. The molecule has 1 fully saturated rings. The van der Waals surface area contributed by atoms with Crippen LogP contribution >= 0.6 is 0 Å². The molecule has 0 spiro atoms. The van der Waals surface area contributed by atoms with Crippen LogP contribution in [-0.4, -0.2) is 31.1 Å². The molecule has 0 amide bonds. The van der Waals surface area contributed by atoms with Crippen LogP contribution in [0.5, 0.6) is 0 Å². The quantitative estimate of drug-likeness (QED) is 0.882. The van der Waals surface area contributed by atoms with Crippen molar-refractivity contribution in [1.29, 1.82) is 0 Å². The number of nitrogens with one attached hydrogen (secondary N) is 1. The van der Waals surface area contributed by atoms with E-state index in [1.807, 2.05) is 0 Å². The van der Waals surface area contributed by atoms with E-state index in [9.17, 15) is 0 Å². The van der Waals surface area contributed by atoms with Gasteiger partial charge in [-0.3, -0.25) is 4.90 Å². The van der Waals surface area contributed by atoms with Crippen LogP contribution in [0.1, 0.15) is 50.8 Å². The number of likely N-dealkylation sites (tertiary alicyclic amines) is 1. The summed E-state index contributed by atoms with van der Waals surface area (Å²) in [6, 6.07) is 10.5. The Bertz CT molecular complexity index is 394. The third-order valence-corrected chi connectivity index (χ3v) is 4.65. The molecule has 1 aliphatic rings. The highest BCUT2D eigenvalue weighted by Crippen LogP contribution is 2.37. The van der Waals surface area contributed by atoms with Gasteiger partial charge in [0.25, 0.3) is 0 Å². The van der Waals surface area contributed by atoms with Gasteiger partial charge in [-0.15, -0.1) is 0 Å². The summed E-state index contributed by atoms with van der Waals surface area (Å²) in [7, 11) is 2.07. The van der Waals surface area contributed by atoms with Crippen LogP contribution in [0.3, 0.4) is 0 Å². The lowest BCUT2D eigenvalue weighted by Crippen LogP contribution is -2.45. The predicted molar refractivity (Wildman–Crippen MR) is 87.1 cm³/mol. The Hall–Kier alpha value is -0.860. The standard InChI is InChI=1S/C18H30N2/c1-5-15-8-10-16(11-9-15)18-17(13-19-4)7-6-12-20(18)14(2)3/h8-11,14,17-19H,5-7,12-13H2,1-4H3. The Morgan fingerprint density at radius 2 is 1.95 bits per heavy atom. The molecule has 1 saturated heterocycles. The van der Waals surface area contributed by atoms with Gasteiger partial charge in [-0.1, -0.05) is 31.2 Å². The number of rotatable bonds is 5. The maximum absolute atomic E-state index is 3.39. The number of nitrogens with zero attached hydrogens (tertiary/aromatic N) is 1. The van der Waals surface area contributed by atoms with Crippen molar-refractivity contribution in [3.63, 3.8) is 0 Å². The summed E-state index contributed by atoms with van der Waals surface area (Å²) >= 11 is 0. The van der Waals surface area contributed by atoms with Gasteiger partial charge in [-0.25, -0.2) is 0 Å². The highest BCUT2D eigenvalue weighted by atomic mass is 15.2. The Morgan fingerprint density at radius 3 is 2.50 bits per heavy atom. The van der Waals surface area contributed by atoms with E-state index in [1.54, 1.807) is 0 Å². The second kappa shape index (κ2) is 7.24. The molecule has 2 rings (SSSR count). The molecule has 0 bridgehead atoms. The van der Waals surface area contributed by atoms with Crippen LogP contribution in [0.25, 0.3) is 0 Å². The van der Waals surface area contributed by atoms with Crippen LogP contribution in [-0.2, 0) is 6.42 Å². The number of benzene rings is 1. The Kier molecular flexibility index (Phi) is 5.62. The van der Waals surface area contributed by atoms with Crippen molar-refractivity contribution in [3.8, 4) is 0 Å². The molecular formula is C18H30N2. The fourth-order valence-electron chi connectivity index (χ4n) is 3.57. The third kappa shape index (κ3) is 3.42. The minimum Gasteiger partial charge on any atom is -0.319 e. The van der Waals surface area contributed by atoms with Crippen molar-refractivity contribution in [2.45, 2.75) is 52.1 Å². The largest absolute Gasteiger partial charge is 0.319 e. The second-order valence-electron chi connectivity index (χ2n) is 6.33. The van der Waals surface area contributed by atoms with Crippen LogP contribution in [0, 0.1) is 5.92 Å². The Labute approximate surface area is 124 Å². The van der Waals surface area contributed by atoms with Crippen molar-refractivity contribution >= 4 is 0 Å². The summed E-state index contributed by atoms with van der Waals surface area (Å²) in [6.45, 7) is 9.23. The molecule has 1 aliphatic heterocycles. The number of piperidine rings is 1. The number of hydrogen-bond donors (Lipinski definition) is 1. The van der Waals surface area contributed by atoms with Crippen molar-refractivity contribution in [2.24, 2.45) is 5.92 Å². The summed E-state index contributed by atoms with van der Waals surface area (Å²) in [6.07, 6.45) is 3.79. The first kappa shape index (κ1) is 15.5. The molecule has 0 radical (unpaired) electrons. The van der Waals surface area contributed by atoms with Crippen molar-refractivity contribution in [3.05, 3.63) is 35.4 Å². The minimum absolute atomic E-state index is 0.571. The smallest absolute Gasteiger partial charge is 0.0391 e. The topological polar surface area (TPSA) is 15.3 Å². The maximum atomic E-state index is 3.39. The first-order valence-corrected chi connectivity index (χ1v) is 8.16. The summed E-state index contributed by atoms with van der Waals surface area (Å²) in [4.78, 5) is 2.69. The van der Waals surface area contributed by atoms with Gasteiger partial charge in [0.15, 0.2) is 0 Å².